The second kappa shape index (κ2) is 8.13. The van der Waals surface area contributed by atoms with E-state index in [0.717, 1.165) is 29.7 Å². The summed E-state index contributed by atoms with van der Waals surface area (Å²) in [6, 6.07) is 7.86. The molecule has 19 heavy (non-hydrogen) atoms. The third-order valence-corrected chi connectivity index (χ3v) is 3.35. The molecule has 1 aromatic carbocycles. The van der Waals surface area contributed by atoms with Gasteiger partial charge < -0.3 is 10.1 Å². The molecule has 0 spiro atoms. The fourth-order valence-electron chi connectivity index (χ4n) is 1.79. The Bertz CT molecular complexity index is 379. The Morgan fingerprint density at radius 3 is 2.74 bits per heavy atom. The number of ether oxygens (including phenoxy) is 1. The highest BCUT2D eigenvalue weighted by atomic mass is 79.9. The van der Waals surface area contributed by atoms with E-state index in [1.807, 2.05) is 24.3 Å². The first-order valence-corrected chi connectivity index (χ1v) is 7.83. The summed E-state index contributed by atoms with van der Waals surface area (Å²) in [5.41, 5.74) is 0.279. The smallest absolute Gasteiger partial charge is 0.120 e. The molecular formula is C15H23BrClNO. The van der Waals surface area contributed by atoms with Gasteiger partial charge in [-0.3, -0.25) is 0 Å². The molecule has 1 N–H and O–H groups in total. The molecule has 0 radical (unpaired) electrons. The molecule has 108 valence electrons. The number of benzene rings is 1. The molecule has 0 aliphatic heterocycles. The predicted molar refractivity (Wildman–Crippen MR) is 86.2 cm³/mol. The van der Waals surface area contributed by atoms with Crippen molar-refractivity contribution < 1.29 is 4.74 Å². The lowest BCUT2D eigenvalue weighted by molar-refractivity contribution is 0.309. The van der Waals surface area contributed by atoms with Gasteiger partial charge in [0.05, 0.1) is 0 Å². The summed E-state index contributed by atoms with van der Waals surface area (Å²) in [5, 5.41) is 3.50. The monoisotopic (exact) mass is 347 g/mol. The molecule has 2 nitrogen and oxygen atoms in total. The zero-order valence-electron chi connectivity index (χ0n) is 11.9. The first-order valence-electron chi connectivity index (χ1n) is 6.60. The average molecular weight is 349 g/mol. The molecule has 0 aliphatic carbocycles. The minimum absolute atomic E-state index is 0.172. The van der Waals surface area contributed by atoms with Gasteiger partial charge in [-0.05, 0) is 30.0 Å². The minimum Gasteiger partial charge on any atom is -0.492 e. The quantitative estimate of drug-likeness (QED) is 0.580. The summed E-state index contributed by atoms with van der Waals surface area (Å²) < 4.78 is 6.67. The van der Waals surface area contributed by atoms with Crippen LogP contribution in [0.4, 0.5) is 0 Å². The van der Waals surface area contributed by atoms with Gasteiger partial charge in [0.15, 0.2) is 0 Å². The number of nitrogens with one attached hydrogen (secondary N) is 1. The number of hydrogen-bond donors (Lipinski definition) is 1. The molecule has 1 atom stereocenters. The molecule has 0 bridgehead atoms. The molecule has 0 aliphatic rings. The van der Waals surface area contributed by atoms with Crippen LogP contribution >= 0.6 is 27.5 Å². The van der Waals surface area contributed by atoms with E-state index in [4.69, 9.17) is 16.3 Å². The van der Waals surface area contributed by atoms with Crippen LogP contribution in [0.3, 0.4) is 0 Å². The van der Waals surface area contributed by atoms with Gasteiger partial charge in [-0.25, -0.2) is 0 Å². The summed E-state index contributed by atoms with van der Waals surface area (Å²) >= 11 is 9.69. The Balaban J connectivity index is 2.11. The molecule has 0 saturated heterocycles. The topological polar surface area (TPSA) is 21.3 Å². The zero-order chi connectivity index (χ0) is 14.3. The minimum atomic E-state index is 0.172. The van der Waals surface area contributed by atoms with Gasteiger partial charge in [0.2, 0.25) is 0 Å². The molecule has 0 saturated carbocycles. The van der Waals surface area contributed by atoms with E-state index in [2.05, 4.69) is 42.0 Å². The SMILES string of the molecule is CC(C)(C)CC(Cl)CNCCOc1cccc(Br)c1. The van der Waals surface area contributed by atoms with E-state index in [0.29, 0.717) is 6.61 Å². The fourth-order valence-corrected chi connectivity index (χ4v) is 2.74. The summed E-state index contributed by atoms with van der Waals surface area (Å²) in [4.78, 5) is 0. The number of alkyl halides is 1. The zero-order valence-corrected chi connectivity index (χ0v) is 14.2. The molecule has 1 rings (SSSR count). The summed E-state index contributed by atoms with van der Waals surface area (Å²) in [6.45, 7) is 8.90. The van der Waals surface area contributed by atoms with Crippen molar-refractivity contribution in [2.45, 2.75) is 32.6 Å². The number of hydrogen-bond acceptors (Lipinski definition) is 2. The molecule has 1 unspecified atom stereocenters. The van der Waals surface area contributed by atoms with Gasteiger partial charge in [0.25, 0.3) is 0 Å². The first kappa shape index (κ1) is 16.8. The average Bonchev–Trinajstić information content (AvgIpc) is 2.26. The highest BCUT2D eigenvalue weighted by Crippen LogP contribution is 2.23. The third kappa shape index (κ3) is 8.51. The first-order chi connectivity index (χ1) is 8.87. The second-order valence-electron chi connectivity index (χ2n) is 5.87. The van der Waals surface area contributed by atoms with E-state index in [9.17, 15) is 0 Å². The summed E-state index contributed by atoms with van der Waals surface area (Å²) in [5.74, 6) is 0.883. The fraction of sp³-hybridized carbons (Fsp3) is 0.600. The maximum Gasteiger partial charge on any atom is 0.120 e. The Morgan fingerprint density at radius 2 is 2.11 bits per heavy atom. The molecule has 4 heteroatoms. The Kier molecular flexibility index (Phi) is 7.19. The van der Waals surface area contributed by atoms with Crippen molar-refractivity contribution in [1.29, 1.82) is 0 Å². The van der Waals surface area contributed by atoms with Crippen LogP contribution in [-0.2, 0) is 0 Å². The van der Waals surface area contributed by atoms with Crippen LogP contribution in [0, 0.1) is 5.41 Å². The van der Waals surface area contributed by atoms with Crippen molar-refractivity contribution in [3.63, 3.8) is 0 Å². The summed E-state index contributed by atoms with van der Waals surface area (Å²) in [6.07, 6.45) is 1.01. The van der Waals surface area contributed by atoms with Crippen LogP contribution in [0.25, 0.3) is 0 Å². The molecule has 1 aromatic rings. The standard InChI is InChI=1S/C15H23BrClNO/c1-15(2,3)10-13(17)11-18-7-8-19-14-6-4-5-12(16)9-14/h4-6,9,13,18H,7-8,10-11H2,1-3H3. The Morgan fingerprint density at radius 1 is 1.37 bits per heavy atom. The van der Waals surface area contributed by atoms with E-state index in [-0.39, 0.29) is 10.8 Å². The summed E-state index contributed by atoms with van der Waals surface area (Å²) in [7, 11) is 0. The van der Waals surface area contributed by atoms with Gasteiger partial charge >= 0.3 is 0 Å². The van der Waals surface area contributed by atoms with Crippen LogP contribution in [0.5, 0.6) is 5.75 Å². The van der Waals surface area contributed by atoms with Crippen LogP contribution < -0.4 is 10.1 Å². The van der Waals surface area contributed by atoms with E-state index < -0.39 is 0 Å². The van der Waals surface area contributed by atoms with Crippen LogP contribution in [0.2, 0.25) is 0 Å². The Hall–Kier alpha value is -0.250. The van der Waals surface area contributed by atoms with Crippen molar-refractivity contribution in [2.24, 2.45) is 5.41 Å². The van der Waals surface area contributed by atoms with Gasteiger partial charge in [0.1, 0.15) is 12.4 Å². The molecular weight excluding hydrogens is 326 g/mol. The van der Waals surface area contributed by atoms with E-state index in [1.54, 1.807) is 0 Å². The van der Waals surface area contributed by atoms with Crippen LogP contribution in [-0.4, -0.2) is 25.1 Å². The van der Waals surface area contributed by atoms with Gasteiger partial charge in [-0.2, -0.15) is 0 Å². The number of rotatable bonds is 7. The highest BCUT2D eigenvalue weighted by Gasteiger charge is 2.16. The maximum absolute atomic E-state index is 6.27. The third-order valence-electron chi connectivity index (χ3n) is 2.54. The Labute approximate surface area is 130 Å². The lowest BCUT2D eigenvalue weighted by Gasteiger charge is -2.22. The van der Waals surface area contributed by atoms with Gasteiger partial charge in [-0.15, -0.1) is 11.6 Å². The van der Waals surface area contributed by atoms with E-state index in [1.165, 1.54) is 0 Å². The van der Waals surface area contributed by atoms with E-state index >= 15 is 0 Å². The van der Waals surface area contributed by atoms with Crippen molar-refractivity contribution in [3.05, 3.63) is 28.7 Å². The largest absolute Gasteiger partial charge is 0.492 e. The lowest BCUT2D eigenvalue weighted by atomic mass is 9.90. The molecule has 0 heterocycles. The van der Waals surface area contributed by atoms with Gasteiger partial charge in [-0.1, -0.05) is 42.8 Å². The molecule has 0 amide bonds. The lowest BCUT2D eigenvalue weighted by Crippen LogP contribution is -2.29. The van der Waals surface area contributed by atoms with Crippen molar-refractivity contribution in [2.75, 3.05) is 19.7 Å². The maximum atomic E-state index is 6.27. The van der Waals surface area contributed by atoms with Gasteiger partial charge in [0, 0.05) is 22.9 Å². The molecule has 0 fully saturated rings. The van der Waals surface area contributed by atoms with Crippen LogP contribution in [0.1, 0.15) is 27.2 Å². The second-order valence-corrected chi connectivity index (χ2v) is 7.40. The van der Waals surface area contributed by atoms with Crippen LogP contribution in [0.15, 0.2) is 28.7 Å². The molecule has 0 aromatic heterocycles. The number of halogens is 2. The van der Waals surface area contributed by atoms with Crippen molar-refractivity contribution in [1.82, 2.24) is 5.32 Å². The normalized spacial score (nSPS) is 13.3. The highest BCUT2D eigenvalue weighted by molar-refractivity contribution is 9.10. The van der Waals surface area contributed by atoms with Crippen molar-refractivity contribution >= 4 is 27.5 Å². The predicted octanol–water partition coefficient (Wildman–Crippen LogP) is 4.46. The van der Waals surface area contributed by atoms with Crippen molar-refractivity contribution in [3.8, 4) is 5.75 Å².